The highest BCUT2D eigenvalue weighted by Crippen LogP contribution is 2.45. The molecule has 0 bridgehead atoms. The van der Waals surface area contributed by atoms with Crippen LogP contribution >= 0.6 is 0 Å². The van der Waals surface area contributed by atoms with Gasteiger partial charge in [0.1, 0.15) is 35.1 Å². The molecule has 0 unspecified atom stereocenters. The highest BCUT2D eigenvalue weighted by molar-refractivity contribution is 5.96. The van der Waals surface area contributed by atoms with Crippen LogP contribution < -0.4 is 20.1 Å². The van der Waals surface area contributed by atoms with E-state index in [1.165, 1.54) is 4.90 Å². The number of rotatable bonds is 5. The molecule has 1 aromatic heterocycles. The minimum atomic E-state index is -1.48. The van der Waals surface area contributed by atoms with Crippen LogP contribution in [-0.2, 0) is 23.9 Å². The molecule has 3 heterocycles. The first-order valence-corrected chi connectivity index (χ1v) is 15.1. The maximum Gasteiger partial charge on any atom is 0.408 e. The van der Waals surface area contributed by atoms with Crippen LogP contribution in [0.3, 0.4) is 0 Å². The highest BCUT2D eigenvalue weighted by atomic mass is 16.6. The number of fused-ring (bicyclic) bond motifs is 3. The van der Waals surface area contributed by atoms with Crippen molar-refractivity contribution >= 4 is 34.6 Å². The third-order valence-corrected chi connectivity index (χ3v) is 8.16. The van der Waals surface area contributed by atoms with Crippen LogP contribution in [0.1, 0.15) is 46.5 Å². The number of aliphatic carboxylic acids is 1. The number of carboxylic acids is 1. The topological polar surface area (TPSA) is 166 Å². The van der Waals surface area contributed by atoms with Gasteiger partial charge in [-0.3, -0.25) is 9.59 Å². The molecule has 242 valence electrons. The minimum absolute atomic E-state index is 0.0115. The third-order valence-electron chi connectivity index (χ3n) is 8.16. The van der Waals surface area contributed by atoms with E-state index in [9.17, 15) is 24.3 Å². The van der Waals surface area contributed by atoms with E-state index < -0.39 is 59.1 Å². The number of ether oxygens (including phenoxy) is 4. The molecule has 1 saturated carbocycles. The average Bonchev–Trinajstić information content (AvgIpc) is 3.51. The zero-order valence-electron chi connectivity index (χ0n) is 25.9. The fourth-order valence-corrected chi connectivity index (χ4v) is 5.82. The molecule has 1 aromatic carbocycles. The van der Waals surface area contributed by atoms with E-state index >= 15 is 0 Å². The lowest BCUT2D eigenvalue weighted by Crippen LogP contribution is -2.56. The summed E-state index contributed by atoms with van der Waals surface area (Å²) in [5.41, 5.74) is -2.27. The van der Waals surface area contributed by atoms with Crippen LogP contribution in [0.2, 0.25) is 0 Å². The van der Waals surface area contributed by atoms with Gasteiger partial charge in [0.2, 0.25) is 17.7 Å². The standard InChI is InChI=1S/C32H40N4O9/c1-31(2,3)45-30(41)34-24-8-6-14-43-13-5-7-20-17-32(20,29(39)40)35-26(37)25-16-22(18-36(25)28(24)38)44-27-23-10-9-21(42-4)15-19(23)11-12-33-27/h5,7,9-12,15,20,22,24-25H,6,8,13-14,16-18H2,1-4H3,(H,34,41)(H,35,37)(H,39,40)/b7-5-/t20-,22-,24+,25+,32-/m1/s1. The van der Waals surface area contributed by atoms with Gasteiger partial charge in [-0.1, -0.05) is 12.2 Å². The number of aromatic nitrogens is 1. The number of benzene rings is 1. The van der Waals surface area contributed by atoms with Crippen molar-refractivity contribution in [1.29, 1.82) is 0 Å². The van der Waals surface area contributed by atoms with Gasteiger partial charge in [-0.05, 0) is 69.7 Å². The van der Waals surface area contributed by atoms with E-state index in [1.54, 1.807) is 52.3 Å². The number of carbonyl (C=O) groups excluding carboxylic acids is 3. The summed E-state index contributed by atoms with van der Waals surface area (Å²) in [5.74, 6) is -1.69. The Kier molecular flexibility index (Phi) is 9.19. The van der Waals surface area contributed by atoms with Crippen molar-refractivity contribution in [3.05, 3.63) is 42.6 Å². The lowest BCUT2D eigenvalue weighted by atomic mass is 10.1. The Bertz CT molecular complexity index is 1490. The molecule has 2 aromatic rings. The minimum Gasteiger partial charge on any atom is -0.497 e. The maximum absolute atomic E-state index is 14.1. The maximum atomic E-state index is 14.1. The normalized spacial score (nSPS) is 28.0. The van der Waals surface area contributed by atoms with Crippen molar-refractivity contribution in [2.24, 2.45) is 5.92 Å². The average molecular weight is 625 g/mol. The van der Waals surface area contributed by atoms with E-state index in [1.807, 2.05) is 18.2 Å². The van der Waals surface area contributed by atoms with E-state index in [-0.39, 0.29) is 32.4 Å². The zero-order valence-corrected chi connectivity index (χ0v) is 25.9. The van der Waals surface area contributed by atoms with Crippen LogP contribution in [0.15, 0.2) is 42.6 Å². The quantitative estimate of drug-likeness (QED) is 0.421. The van der Waals surface area contributed by atoms with Gasteiger partial charge in [-0.25, -0.2) is 14.6 Å². The molecule has 5 rings (SSSR count). The molecule has 1 saturated heterocycles. The lowest BCUT2D eigenvalue weighted by molar-refractivity contribution is -0.145. The van der Waals surface area contributed by atoms with E-state index in [4.69, 9.17) is 18.9 Å². The molecule has 1 aliphatic carbocycles. The third kappa shape index (κ3) is 7.30. The van der Waals surface area contributed by atoms with Crippen molar-refractivity contribution in [3.63, 3.8) is 0 Å². The number of methoxy groups -OCH3 is 1. The molecule has 13 nitrogen and oxygen atoms in total. The zero-order chi connectivity index (χ0) is 32.4. The molecule has 13 heteroatoms. The van der Waals surface area contributed by atoms with Crippen molar-refractivity contribution in [2.75, 3.05) is 26.9 Å². The van der Waals surface area contributed by atoms with Gasteiger partial charge in [-0.2, -0.15) is 0 Å². The Morgan fingerprint density at radius 1 is 1.22 bits per heavy atom. The van der Waals surface area contributed by atoms with Crippen LogP contribution in [0.25, 0.3) is 10.8 Å². The molecule has 3 aliphatic rings. The second kappa shape index (κ2) is 12.9. The van der Waals surface area contributed by atoms with Crippen molar-refractivity contribution < 1.29 is 43.2 Å². The smallest absolute Gasteiger partial charge is 0.408 e. The predicted molar refractivity (Wildman–Crippen MR) is 162 cm³/mol. The Labute approximate surface area is 261 Å². The summed E-state index contributed by atoms with van der Waals surface area (Å²) in [6.45, 7) is 5.72. The van der Waals surface area contributed by atoms with Crippen LogP contribution in [-0.4, -0.2) is 95.1 Å². The van der Waals surface area contributed by atoms with Crippen molar-refractivity contribution in [3.8, 4) is 11.6 Å². The van der Waals surface area contributed by atoms with Gasteiger partial charge in [-0.15, -0.1) is 0 Å². The SMILES string of the molecule is COc1ccc2c(O[C@@H]3C[C@H]4C(=O)N[C@]5(C(=O)O)C[C@H]5/C=C\COCCC[C@H](NC(=O)OC(C)(C)C)C(=O)N4C3)nccc2c1. The van der Waals surface area contributed by atoms with Gasteiger partial charge in [0.15, 0.2) is 0 Å². The number of carboxylic acid groups (broad SMARTS) is 1. The van der Waals surface area contributed by atoms with Gasteiger partial charge in [0, 0.05) is 30.5 Å². The Morgan fingerprint density at radius 2 is 2.02 bits per heavy atom. The van der Waals surface area contributed by atoms with Gasteiger partial charge in [0.25, 0.3) is 0 Å². The van der Waals surface area contributed by atoms with Gasteiger partial charge < -0.3 is 39.6 Å². The summed E-state index contributed by atoms with van der Waals surface area (Å²) in [7, 11) is 1.58. The second-order valence-electron chi connectivity index (χ2n) is 12.6. The summed E-state index contributed by atoms with van der Waals surface area (Å²) in [5, 5.41) is 17.0. The van der Waals surface area contributed by atoms with Gasteiger partial charge in [0.05, 0.1) is 20.3 Å². The summed E-state index contributed by atoms with van der Waals surface area (Å²) in [6, 6.07) is 5.20. The highest BCUT2D eigenvalue weighted by Gasteiger charge is 2.61. The van der Waals surface area contributed by atoms with E-state index in [0.717, 1.165) is 10.8 Å². The monoisotopic (exact) mass is 624 g/mol. The Morgan fingerprint density at radius 3 is 2.76 bits per heavy atom. The number of hydrogen-bond donors (Lipinski definition) is 3. The van der Waals surface area contributed by atoms with Crippen molar-refractivity contribution in [1.82, 2.24) is 20.5 Å². The first-order chi connectivity index (χ1) is 21.4. The molecular weight excluding hydrogens is 584 g/mol. The first kappa shape index (κ1) is 32.0. The number of amides is 3. The number of carbonyl (C=O) groups is 4. The molecule has 45 heavy (non-hydrogen) atoms. The fraction of sp³-hybridized carbons (Fsp3) is 0.531. The largest absolute Gasteiger partial charge is 0.497 e. The molecule has 0 radical (unpaired) electrons. The Hall–Kier alpha value is -4.39. The summed E-state index contributed by atoms with van der Waals surface area (Å²) in [6.07, 6.45) is 4.64. The number of pyridine rings is 1. The Balaban J connectivity index is 1.44. The molecule has 0 spiro atoms. The number of nitrogens with zero attached hydrogens (tertiary/aromatic N) is 2. The fourth-order valence-electron chi connectivity index (χ4n) is 5.82. The summed E-state index contributed by atoms with van der Waals surface area (Å²) in [4.78, 5) is 58.8. The number of nitrogens with one attached hydrogen (secondary N) is 2. The number of hydrogen-bond acceptors (Lipinski definition) is 9. The van der Waals surface area contributed by atoms with Crippen molar-refractivity contribution in [2.45, 2.75) is 75.8 Å². The molecule has 2 aliphatic heterocycles. The second-order valence-corrected chi connectivity index (χ2v) is 12.6. The first-order valence-electron chi connectivity index (χ1n) is 15.1. The molecule has 5 atom stereocenters. The van der Waals surface area contributed by atoms with Crippen LogP contribution in [0, 0.1) is 5.92 Å². The van der Waals surface area contributed by atoms with Gasteiger partial charge >= 0.3 is 12.1 Å². The molecular formula is C32H40N4O9. The molecule has 2 fully saturated rings. The van der Waals surface area contributed by atoms with E-state index in [2.05, 4.69) is 15.6 Å². The number of alkyl carbamates (subject to hydrolysis) is 1. The van der Waals surface area contributed by atoms with E-state index in [0.29, 0.717) is 24.7 Å². The van der Waals surface area contributed by atoms with Crippen LogP contribution in [0.4, 0.5) is 4.79 Å². The summed E-state index contributed by atoms with van der Waals surface area (Å²) < 4.78 is 22.7. The lowest BCUT2D eigenvalue weighted by Gasteiger charge is -2.30. The predicted octanol–water partition coefficient (Wildman–Crippen LogP) is 2.81. The van der Waals surface area contributed by atoms with Crippen LogP contribution in [0.5, 0.6) is 11.6 Å². The molecule has 3 amide bonds. The molecule has 3 N–H and O–H groups in total. The summed E-state index contributed by atoms with van der Waals surface area (Å²) >= 11 is 0.